The van der Waals surface area contributed by atoms with E-state index in [1.807, 2.05) is 37.3 Å². The second kappa shape index (κ2) is 6.42. The zero-order valence-corrected chi connectivity index (χ0v) is 14.3. The topological polar surface area (TPSA) is 56.6 Å². The number of rotatable bonds is 2. The standard InChI is InChI=1S/C19H12BrFN2O/c1-11-5-7-12(8-6-11)17-9-14(15(10-22)19(24)23-17)13-3-2-4-16(20)18(13)21/h2-9H,1H3,(H,23,24). The van der Waals surface area contributed by atoms with Gasteiger partial charge < -0.3 is 4.98 Å². The first kappa shape index (κ1) is 16.2. The Morgan fingerprint density at radius 3 is 2.50 bits per heavy atom. The summed E-state index contributed by atoms with van der Waals surface area (Å²) in [5, 5.41) is 9.31. The highest BCUT2D eigenvalue weighted by molar-refractivity contribution is 9.10. The van der Waals surface area contributed by atoms with Crippen LogP contribution >= 0.6 is 15.9 Å². The van der Waals surface area contributed by atoms with E-state index in [1.54, 1.807) is 24.3 Å². The van der Waals surface area contributed by atoms with Gasteiger partial charge in [-0.05, 0) is 40.5 Å². The fourth-order valence-corrected chi connectivity index (χ4v) is 2.85. The van der Waals surface area contributed by atoms with Crippen molar-refractivity contribution < 1.29 is 4.39 Å². The Morgan fingerprint density at radius 2 is 1.83 bits per heavy atom. The Hall–Kier alpha value is -2.71. The van der Waals surface area contributed by atoms with Crippen LogP contribution in [-0.4, -0.2) is 4.98 Å². The molecule has 3 rings (SSSR count). The SMILES string of the molecule is Cc1ccc(-c2cc(-c3cccc(Br)c3F)c(C#N)c(=O)[nH]2)cc1. The molecule has 2 aromatic carbocycles. The van der Waals surface area contributed by atoms with Gasteiger partial charge in [0, 0.05) is 16.8 Å². The van der Waals surface area contributed by atoms with Gasteiger partial charge in [-0.2, -0.15) is 5.26 Å². The summed E-state index contributed by atoms with van der Waals surface area (Å²) in [6.07, 6.45) is 0. The molecule has 1 aromatic heterocycles. The third-order valence-electron chi connectivity index (χ3n) is 3.75. The summed E-state index contributed by atoms with van der Waals surface area (Å²) in [6, 6.07) is 15.9. The number of aryl methyl sites for hydroxylation is 1. The maximum absolute atomic E-state index is 14.5. The van der Waals surface area contributed by atoms with Gasteiger partial charge in [0.25, 0.3) is 5.56 Å². The van der Waals surface area contributed by atoms with Crippen LogP contribution in [0, 0.1) is 24.1 Å². The molecule has 0 atom stereocenters. The Morgan fingerprint density at radius 1 is 1.12 bits per heavy atom. The number of halogens is 2. The van der Waals surface area contributed by atoms with Crippen molar-refractivity contribution in [2.45, 2.75) is 6.92 Å². The molecule has 0 saturated carbocycles. The molecule has 1 heterocycles. The maximum atomic E-state index is 14.5. The zero-order valence-electron chi connectivity index (χ0n) is 12.7. The second-order valence-corrected chi connectivity index (χ2v) is 6.23. The van der Waals surface area contributed by atoms with Gasteiger partial charge >= 0.3 is 0 Å². The molecule has 0 radical (unpaired) electrons. The van der Waals surface area contributed by atoms with Gasteiger partial charge in [0.1, 0.15) is 17.4 Å². The van der Waals surface area contributed by atoms with Crippen LogP contribution in [0.4, 0.5) is 4.39 Å². The minimum Gasteiger partial charge on any atom is -0.321 e. The highest BCUT2D eigenvalue weighted by Gasteiger charge is 2.16. The Kier molecular flexibility index (Phi) is 4.32. The summed E-state index contributed by atoms with van der Waals surface area (Å²) in [6.45, 7) is 1.97. The van der Waals surface area contributed by atoms with E-state index in [0.717, 1.165) is 11.1 Å². The highest BCUT2D eigenvalue weighted by atomic mass is 79.9. The number of nitriles is 1. The van der Waals surface area contributed by atoms with E-state index in [4.69, 9.17) is 0 Å². The van der Waals surface area contributed by atoms with Crippen molar-refractivity contribution in [3.05, 3.63) is 80.3 Å². The molecule has 0 aliphatic heterocycles. The lowest BCUT2D eigenvalue weighted by molar-refractivity contribution is 0.624. The Labute approximate surface area is 146 Å². The van der Waals surface area contributed by atoms with Crippen molar-refractivity contribution in [3.63, 3.8) is 0 Å². The first-order valence-electron chi connectivity index (χ1n) is 7.20. The van der Waals surface area contributed by atoms with Crippen LogP contribution in [0.1, 0.15) is 11.1 Å². The van der Waals surface area contributed by atoms with Crippen molar-refractivity contribution in [1.29, 1.82) is 5.26 Å². The predicted molar refractivity (Wildman–Crippen MR) is 95.0 cm³/mol. The minimum absolute atomic E-state index is 0.108. The maximum Gasteiger partial charge on any atom is 0.266 e. The van der Waals surface area contributed by atoms with Crippen molar-refractivity contribution in [3.8, 4) is 28.5 Å². The summed E-state index contributed by atoms with van der Waals surface area (Å²) < 4.78 is 14.7. The number of aromatic amines is 1. The summed E-state index contributed by atoms with van der Waals surface area (Å²) in [7, 11) is 0. The van der Waals surface area contributed by atoms with Gasteiger partial charge in [-0.25, -0.2) is 4.39 Å². The van der Waals surface area contributed by atoms with Crippen LogP contribution in [0.5, 0.6) is 0 Å². The molecule has 0 bridgehead atoms. The Balaban J connectivity index is 2.29. The number of hydrogen-bond acceptors (Lipinski definition) is 2. The van der Waals surface area contributed by atoms with Gasteiger partial charge in [0.2, 0.25) is 0 Å². The van der Waals surface area contributed by atoms with Crippen molar-refractivity contribution >= 4 is 15.9 Å². The molecular formula is C19H12BrFN2O. The van der Waals surface area contributed by atoms with E-state index in [-0.39, 0.29) is 21.2 Å². The van der Waals surface area contributed by atoms with Crippen LogP contribution in [-0.2, 0) is 0 Å². The predicted octanol–water partition coefficient (Wildman–Crippen LogP) is 4.79. The lowest BCUT2D eigenvalue weighted by atomic mass is 9.98. The summed E-state index contributed by atoms with van der Waals surface area (Å²) in [4.78, 5) is 15.0. The van der Waals surface area contributed by atoms with Crippen LogP contribution in [0.2, 0.25) is 0 Å². The van der Waals surface area contributed by atoms with Crippen molar-refractivity contribution in [2.75, 3.05) is 0 Å². The molecule has 3 nitrogen and oxygen atoms in total. The minimum atomic E-state index is -0.537. The highest BCUT2D eigenvalue weighted by Crippen LogP contribution is 2.31. The van der Waals surface area contributed by atoms with Gasteiger partial charge in [-0.15, -0.1) is 0 Å². The number of pyridine rings is 1. The number of benzene rings is 2. The van der Waals surface area contributed by atoms with E-state index >= 15 is 0 Å². The molecule has 5 heteroatoms. The van der Waals surface area contributed by atoms with Crippen LogP contribution < -0.4 is 5.56 Å². The van der Waals surface area contributed by atoms with E-state index in [0.29, 0.717) is 5.69 Å². The molecule has 0 aliphatic carbocycles. The summed E-state index contributed by atoms with van der Waals surface area (Å²) >= 11 is 3.14. The number of nitrogens with one attached hydrogen (secondary N) is 1. The zero-order chi connectivity index (χ0) is 17.3. The third-order valence-corrected chi connectivity index (χ3v) is 4.36. The molecule has 0 spiro atoms. The molecule has 0 amide bonds. The molecule has 118 valence electrons. The number of hydrogen-bond donors (Lipinski definition) is 1. The summed E-state index contributed by atoms with van der Waals surface area (Å²) in [5.41, 5.74) is 2.25. The van der Waals surface area contributed by atoms with E-state index < -0.39 is 11.4 Å². The average molecular weight is 383 g/mol. The first-order chi connectivity index (χ1) is 11.5. The molecule has 24 heavy (non-hydrogen) atoms. The average Bonchev–Trinajstić information content (AvgIpc) is 2.57. The monoisotopic (exact) mass is 382 g/mol. The van der Waals surface area contributed by atoms with Crippen LogP contribution in [0.25, 0.3) is 22.4 Å². The molecule has 0 aliphatic rings. The molecular weight excluding hydrogens is 371 g/mol. The van der Waals surface area contributed by atoms with Gasteiger partial charge in [-0.1, -0.05) is 42.0 Å². The van der Waals surface area contributed by atoms with Crippen molar-refractivity contribution in [2.24, 2.45) is 0 Å². The quantitative estimate of drug-likeness (QED) is 0.692. The van der Waals surface area contributed by atoms with Crippen molar-refractivity contribution in [1.82, 2.24) is 4.98 Å². The number of H-pyrrole nitrogens is 1. The van der Waals surface area contributed by atoms with Crippen LogP contribution in [0.15, 0.2) is 57.8 Å². The molecule has 1 N–H and O–H groups in total. The van der Waals surface area contributed by atoms with Gasteiger partial charge in [0.15, 0.2) is 0 Å². The third kappa shape index (κ3) is 2.89. The van der Waals surface area contributed by atoms with Gasteiger partial charge in [0.05, 0.1) is 4.47 Å². The lowest BCUT2D eigenvalue weighted by Gasteiger charge is -2.10. The molecule has 0 saturated heterocycles. The second-order valence-electron chi connectivity index (χ2n) is 5.38. The number of nitrogens with zero attached hydrogens (tertiary/aromatic N) is 1. The molecule has 0 unspecified atom stereocenters. The Bertz CT molecular complexity index is 1020. The smallest absolute Gasteiger partial charge is 0.266 e. The first-order valence-corrected chi connectivity index (χ1v) is 7.99. The van der Waals surface area contributed by atoms with E-state index in [9.17, 15) is 14.4 Å². The summed E-state index contributed by atoms with van der Waals surface area (Å²) in [5.74, 6) is -0.505. The van der Waals surface area contributed by atoms with E-state index in [1.165, 1.54) is 0 Å². The normalized spacial score (nSPS) is 10.4. The lowest BCUT2D eigenvalue weighted by Crippen LogP contribution is -2.13. The van der Waals surface area contributed by atoms with Gasteiger partial charge in [-0.3, -0.25) is 4.79 Å². The number of aromatic nitrogens is 1. The van der Waals surface area contributed by atoms with Crippen LogP contribution in [0.3, 0.4) is 0 Å². The largest absolute Gasteiger partial charge is 0.321 e. The fourth-order valence-electron chi connectivity index (χ4n) is 2.48. The molecule has 3 aromatic rings. The van der Waals surface area contributed by atoms with E-state index in [2.05, 4.69) is 20.9 Å². The fraction of sp³-hybridized carbons (Fsp3) is 0.0526. The molecule has 0 fully saturated rings.